The molecular formula is C14H23NO. The van der Waals surface area contributed by atoms with E-state index in [0.29, 0.717) is 0 Å². The zero-order valence-corrected chi connectivity index (χ0v) is 10.6. The summed E-state index contributed by atoms with van der Waals surface area (Å²) < 4.78 is 5.02. The molecule has 0 aromatic heterocycles. The van der Waals surface area contributed by atoms with E-state index in [1.165, 1.54) is 16.7 Å². The van der Waals surface area contributed by atoms with Gasteiger partial charge in [-0.2, -0.15) is 0 Å². The smallest absolute Gasteiger partial charge is 0.0462 e. The topological polar surface area (TPSA) is 35.2 Å². The van der Waals surface area contributed by atoms with Crippen molar-refractivity contribution in [2.45, 2.75) is 39.2 Å². The molecule has 2 heteroatoms. The van der Waals surface area contributed by atoms with E-state index in [1.807, 2.05) is 0 Å². The predicted molar refractivity (Wildman–Crippen MR) is 68.7 cm³/mol. The van der Waals surface area contributed by atoms with Gasteiger partial charge in [0.2, 0.25) is 0 Å². The standard InChI is InChI=1S/C14H23NO/c1-11-6-7-13(9-12(11)2)10-14(15)5-4-8-16-3/h6-7,9,14H,4-5,8,10,15H2,1-3H3. The minimum atomic E-state index is 0.247. The normalized spacial score (nSPS) is 12.8. The lowest BCUT2D eigenvalue weighted by Gasteiger charge is -2.12. The average Bonchev–Trinajstić information content (AvgIpc) is 2.24. The number of rotatable bonds is 6. The van der Waals surface area contributed by atoms with E-state index in [2.05, 4.69) is 32.0 Å². The van der Waals surface area contributed by atoms with Crippen LogP contribution < -0.4 is 5.73 Å². The van der Waals surface area contributed by atoms with Crippen molar-refractivity contribution in [3.63, 3.8) is 0 Å². The highest BCUT2D eigenvalue weighted by Crippen LogP contribution is 2.12. The zero-order chi connectivity index (χ0) is 12.0. The molecule has 1 rings (SSSR count). The van der Waals surface area contributed by atoms with E-state index in [0.717, 1.165) is 25.9 Å². The molecule has 1 atom stereocenters. The number of aryl methyl sites for hydroxylation is 2. The van der Waals surface area contributed by atoms with E-state index in [1.54, 1.807) is 7.11 Å². The summed E-state index contributed by atoms with van der Waals surface area (Å²) in [5, 5.41) is 0. The average molecular weight is 221 g/mol. The van der Waals surface area contributed by atoms with Crippen molar-refractivity contribution in [2.75, 3.05) is 13.7 Å². The first-order chi connectivity index (χ1) is 7.63. The van der Waals surface area contributed by atoms with Gasteiger partial charge < -0.3 is 10.5 Å². The van der Waals surface area contributed by atoms with Crippen molar-refractivity contribution in [2.24, 2.45) is 5.73 Å². The molecule has 0 fully saturated rings. The fraction of sp³-hybridized carbons (Fsp3) is 0.571. The van der Waals surface area contributed by atoms with E-state index in [-0.39, 0.29) is 6.04 Å². The Morgan fingerprint density at radius 1 is 1.25 bits per heavy atom. The Morgan fingerprint density at radius 2 is 2.00 bits per heavy atom. The van der Waals surface area contributed by atoms with Crippen LogP contribution in [0.1, 0.15) is 29.5 Å². The van der Waals surface area contributed by atoms with Crippen LogP contribution in [-0.2, 0) is 11.2 Å². The summed E-state index contributed by atoms with van der Waals surface area (Å²) >= 11 is 0. The van der Waals surface area contributed by atoms with E-state index >= 15 is 0 Å². The summed E-state index contributed by atoms with van der Waals surface area (Å²) in [6.07, 6.45) is 3.04. The third kappa shape index (κ3) is 4.33. The Bertz CT molecular complexity index is 323. The summed E-state index contributed by atoms with van der Waals surface area (Å²) in [4.78, 5) is 0. The molecule has 0 aliphatic heterocycles. The second-order valence-electron chi connectivity index (χ2n) is 4.52. The maximum atomic E-state index is 6.08. The van der Waals surface area contributed by atoms with Crippen LogP contribution in [0.25, 0.3) is 0 Å². The molecule has 1 aromatic rings. The third-order valence-electron chi connectivity index (χ3n) is 2.99. The molecule has 0 radical (unpaired) electrons. The second-order valence-corrected chi connectivity index (χ2v) is 4.52. The van der Waals surface area contributed by atoms with Crippen LogP contribution in [0, 0.1) is 13.8 Å². The molecule has 0 aliphatic carbocycles. The largest absolute Gasteiger partial charge is 0.385 e. The van der Waals surface area contributed by atoms with Gasteiger partial charge in [-0.15, -0.1) is 0 Å². The molecule has 0 saturated heterocycles. The van der Waals surface area contributed by atoms with Gasteiger partial charge in [0.25, 0.3) is 0 Å². The van der Waals surface area contributed by atoms with Crippen LogP contribution in [-0.4, -0.2) is 19.8 Å². The van der Waals surface area contributed by atoms with Crippen molar-refractivity contribution >= 4 is 0 Å². The maximum Gasteiger partial charge on any atom is 0.0462 e. The second kappa shape index (κ2) is 6.66. The van der Waals surface area contributed by atoms with Gasteiger partial charge in [0.15, 0.2) is 0 Å². The molecule has 0 amide bonds. The molecule has 16 heavy (non-hydrogen) atoms. The molecule has 0 aliphatic rings. The molecule has 2 nitrogen and oxygen atoms in total. The first kappa shape index (κ1) is 13.2. The molecular weight excluding hydrogens is 198 g/mol. The molecule has 0 heterocycles. The third-order valence-corrected chi connectivity index (χ3v) is 2.99. The van der Waals surface area contributed by atoms with Crippen LogP contribution in [0.3, 0.4) is 0 Å². The zero-order valence-electron chi connectivity index (χ0n) is 10.6. The lowest BCUT2D eigenvalue weighted by atomic mass is 9.99. The fourth-order valence-corrected chi connectivity index (χ4v) is 1.83. The maximum absolute atomic E-state index is 6.08. The molecule has 2 N–H and O–H groups in total. The Morgan fingerprint density at radius 3 is 2.62 bits per heavy atom. The highest BCUT2D eigenvalue weighted by molar-refractivity contribution is 5.30. The van der Waals surface area contributed by atoms with Crippen LogP contribution in [0.5, 0.6) is 0 Å². The van der Waals surface area contributed by atoms with Crippen molar-refractivity contribution < 1.29 is 4.74 Å². The van der Waals surface area contributed by atoms with E-state index in [4.69, 9.17) is 10.5 Å². The Labute approximate surface area is 98.8 Å². The number of hydrogen-bond donors (Lipinski definition) is 1. The molecule has 0 saturated carbocycles. The van der Waals surface area contributed by atoms with Gasteiger partial charge in [0, 0.05) is 19.8 Å². The quantitative estimate of drug-likeness (QED) is 0.749. The summed E-state index contributed by atoms with van der Waals surface area (Å²) in [6, 6.07) is 6.84. The molecule has 90 valence electrons. The van der Waals surface area contributed by atoms with Gasteiger partial charge in [-0.05, 0) is 49.8 Å². The Balaban J connectivity index is 2.43. The fourth-order valence-electron chi connectivity index (χ4n) is 1.83. The van der Waals surface area contributed by atoms with E-state index < -0.39 is 0 Å². The highest BCUT2D eigenvalue weighted by atomic mass is 16.5. The van der Waals surface area contributed by atoms with Gasteiger partial charge in [0.1, 0.15) is 0 Å². The number of benzene rings is 1. The first-order valence-corrected chi connectivity index (χ1v) is 5.94. The van der Waals surface area contributed by atoms with Gasteiger partial charge in [-0.1, -0.05) is 18.2 Å². The van der Waals surface area contributed by atoms with Crippen LogP contribution in [0.2, 0.25) is 0 Å². The van der Waals surface area contributed by atoms with Crippen LogP contribution >= 0.6 is 0 Å². The van der Waals surface area contributed by atoms with Gasteiger partial charge in [-0.3, -0.25) is 0 Å². The Kier molecular flexibility index (Phi) is 5.50. The monoisotopic (exact) mass is 221 g/mol. The predicted octanol–water partition coefficient (Wildman–Crippen LogP) is 2.60. The lowest BCUT2D eigenvalue weighted by Crippen LogP contribution is -2.23. The number of methoxy groups -OCH3 is 1. The number of ether oxygens (including phenoxy) is 1. The summed E-state index contributed by atoms with van der Waals surface area (Å²) in [6.45, 7) is 5.09. The molecule has 0 bridgehead atoms. The van der Waals surface area contributed by atoms with Crippen molar-refractivity contribution in [1.29, 1.82) is 0 Å². The van der Waals surface area contributed by atoms with Crippen LogP contribution in [0.4, 0.5) is 0 Å². The molecule has 1 aromatic carbocycles. The van der Waals surface area contributed by atoms with Gasteiger partial charge in [0.05, 0.1) is 0 Å². The summed E-state index contributed by atoms with van der Waals surface area (Å²) in [5.41, 5.74) is 10.1. The first-order valence-electron chi connectivity index (χ1n) is 5.94. The number of nitrogens with two attached hydrogens (primary N) is 1. The Hall–Kier alpha value is -0.860. The number of hydrogen-bond acceptors (Lipinski definition) is 2. The summed E-state index contributed by atoms with van der Waals surface area (Å²) in [5.74, 6) is 0. The van der Waals surface area contributed by atoms with Gasteiger partial charge >= 0.3 is 0 Å². The SMILES string of the molecule is COCCCC(N)Cc1ccc(C)c(C)c1. The lowest BCUT2D eigenvalue weighted by molar-refractivity contribution is 0.190. The van der Waals surface area contributed by atoms with Crippen molar-refractivity contribution in [3.8, 4) is 0 Å². The van der Waals surface area contributed by atoms with Gasteiger partial charge in [-0.25, -0.2) is 0 Å². The minimum absolute atomic E-state index is 0.247. The van der Waals surface area contributed by atoms with Crippen molar-refractivity contribution in [3.05, 3.63) is 34.9 Å². The summed E-state index contributed by atoms with van der Waals surface area (Å²) in [7, 11) is 1.73. The molecule has 0 spiro atoms. The molecule has 1 unspecified atom stereocenters. The minimum Gasteiger partial charge on any atom is -0.385 e. The van der Waals surface area contributed by atoms with Crippen LogP contribution in [0.15, 0.2) is 18.2 Å². The highest BCUT2D eigenvalue weighted by Gasteiger charge is 2.04. The van der Waals surface area contributed by atoms with Crippen molar-refractivity contribution in [1.82, 2.24) is 0 Å². The van der Waals surface area contributed by atoms with E-state index in [9.17, 15) is 0 Å².